The third-order valence-corrected chi connectivity index (χ3v) is 3.37. The van der Waals surface area contributed by atoms with Crippen LogP contribution in [0.2, 0.25) is 0 Å². The number of phenols is 2. The van der Waals surface area contributed by atoms with Gasteiger partial charge in [0, 0.05) is 19.0 Å². The molecule has 0 aromatic heterocycles. The number of benzene rings is 1. The Labute approximate surface area is 125 Å². The van der Waals surface area contributed by atoms with E-state index in [-0.39, 0.29) is 23.6 Å². The molecule has 1 rings (SSSR count). The average molecular weight is 297 g/mol. The molecule has 118 valence electrons. The highest BCUT2D eigenvalue weighted by atomic mass is 19.1. The fraction of sp³-hybridized carbons (Fsp3) is 0.562. The predicted octanol–water partition coefficient (Wildman–Crippen LogP) is 3.26. The van der Waals surface area contributed by atoms with Gasteiger partial charge in [0.15, 0.2) is 11.5 Å². The fourth-order valence-corrected chi connectivity index (χ4v) is 2.10. The van der Waals surface area contributed by atoms with Gasteiger partial charge < -0.3 is 15.5 Å². The molecule has 4 nitrogen and oxygen atoms in total. The van der Waals surface area contributed by atoms with Crippen molar-refractivity contribution in [2.75, 3.05) is 6.54 Å². The quantitative estimate of drug-likeness (QED) is 0.484. The molecule has 21 heavy (non-hydrogen) atoms. The second-order valence-electron chi connectivity index (χ2n) is 5.20. The Bertz CT molecular complexity index is 463. The number of aromatic hydroxyl groups is 2. The van der Waals surface area contributed by atoms with Gasteiger partial charge in [0.1, 0.15) is 5.82 Å². The van der Waals surface area contributed by atoms with Crippen molar-refractivity contribution in [1.82, 2.24) is 5.32 Å². The molecule has 1 aromatic carbocycles. The number of amides is 1. The van der Waals surface area contributed by atoms with Crippen LogP contribution >= 0.6 is 0 Å². The molecular weight excluding hydrogens is 273 g/mol. The predicted molar refractivity (Wildman–Crippen MR) is 79.8 cm³/mol. The van der Waals surface area contributed by atoms with E-state index in [0.29, 0.717) is 13.0 Å². The fourth-order valence-electron chi connectivity index (χ4n) is 2.10. The van der Waals surface area contributed by atoms with Crippen molar-refractivity contribution in [3.8, 4) is 11.5 Å². The highest BCUT2D eigenvalue weighted by Crippen LogP contribution is 2.27. The summed E-state index contributed by atoms with van der Waals surface area (Å²) in [5.74, 6) is -1.45. The molecule has 0 saturated carbocycles. The van der Waals surface area contributed by atoms with Crippen LogP contribution < -0.4 is 5.32 Å². The van der Waals surface area contributed by atoms with Gasteiger partial charge in [-0.25, -0.2) is 4.39 Å². The van der Waals surface area contributed by atoms with Crippen LogP contribution in [0.25, 0.3) is 0 Å². The molecular formula is C16H24FNO3. The van der Waals surface area contributed by atoms with E-state index in [0.717, 1.165) is 25.3 Å². The van der Waals surface area contributed by atoms with Gasteiger partial charge in [0.2, 0.25) is 5.91 Å². The lowest BCUT2D eigenvalue weighted by Crippen LogP contribution is -2.25. The number of carbonyl (C=O) groups excluding carboxylic acids is 1. The number of hydrogen-bond donors (Lipinski definition) is 3. The smallest absolute Gasteiger partial charge is 0.220 e. The van der Waals surface area contributed by atoms with Crippen molar-refractivity contribution in [2.24, 2.45) is 0 Å². The number of rotatable bonds is 9. The zero-order chi connectivity index (χ0) is 15.7. The maximum atomic E-state index is 13.5. The molecule has 0 radical (unpaired) electrons. The molecule has 0 fully saturated rings. The molecule has 0 unspecified atom stereocenters. The Balaban J connectivity index is 2.24. The maximum Gasteiger partial charge on any atom is 0.220 e. The molecule has 1 amide bonds. The summed E-state index contributed by atoms with van der Waals surface area (Å²) in [5.41, 5.74) is 0.272. The summed E-state index contributed by atoms with van der Waals surface area (Å²) < 4.78 is 13.5. The van der Waals surface area contributed by atoms with E-state index < -0.39 is 11.6 Å². The molecule has 0 aliphatic carbocycles. The lowest BCUT2D eigenvalue weighted by molar-refractivity contribution is -0.121. The average Bonchev–Trinajstić information content (AvgIpc) is 2.44. The van der Waals surface area contributed by atoms with Crippen LogP contribution in [-0.4, -0.2) is 22.7 Å². The van der Waals surface area contributed by atoms with E-state index in [2.05, 4.69) is 12.2 Å². The highest BCUT2D eigenvalue weighted by molar-refractivity contribution is 5.75. The van der Waals surface area contributed by atoms with Gasteiger partial charge in [-0.2, -0.15) is 0 Å². The minimum Gasteiger partial charge on any atom is -0.504 e. The summed E-state index contributed by atoms with van der Waals surface area (Å²) in [6, 6.07) is 2.06. The third kappa shape index (κ3) is 6.47. The van der Waals surface area contributed by atoms with E-state index in [4.69, 9.17) is 5.11 Å². The molecule has 0 atom stereocenters. The zero-order valence-corrected chi connectivity index (χ0v) is 12.5. The van der Waals surface area contributed by atoms with Gasteiger partial charge in [0.25, 0.3) is 0 Å². The van der Waals surface area contributed by atoms with Crippen LogP contribution in [0.4, 0.5) is 4.39 Å². The molecule has 0 heterocycles. The Morgan fingerprint density at radius 3 is 2.52 bits per heavy atom. The summed E-state index contributed by atoms with van der Waals surface area (Å²) in [4.78, 5) is 11.6. The summed E-state index contributed by atoms with van der Waals surface area (Å²) in [7, 11) is 0. The monoisotopic (exact) mass is 297 g/mol. The van der Waals surface area contributed by atoms with Crippen molar-refractivity contribution in [2.45, 2.75) is 51.9 Å². The number of nitrogens with one attached hydrogen (secondary N) is 1. The molecule has 5 heteroatoms. The van der Waals surface area contributed by atoms with E-state index in [1.165, 1.54) is 18.9 Å². The van der Waals surface area contributed by atoms with E-state index in [1.807, 2.05) is 0 Å². The van der Waals surface area contributed by atoms with Gasteiger partial charge in [0.05, 0.1) is 0 Å². The Hall–Kier alpha value is -1.78. The van der Waals surface area contributed by atoms with Crippen molar-refractivity contribution < 1.29 is 19.4 Å². The Kier molecular flexibility index (Phi) is 7.58. The van der Waals surface area contributed by atoms with Crippen molar-refractivity contribution in [3.05, 3.63) is 23.5 Å². The minimum atomic E-state index is -0.584. The minimum absolute atomic E-state index is 0.0325. The number of unbranched alkanes of at least 4 members (excludes halogenated alkanes) is 4. The SMILES string of the molecule is CCCCCCCC(=O)NCCc1cc(O)c(O)cc1F. The summed E-state index contributed by atoms with van der Waals surface area (Å²) in [6.45, 7) is 2.46. The Morgan fingerprint density at radius 2 is 1.81 bits per heavy atom. The number of halogens is 1. The van der Waals surface area contributed by atoms with Crippen LogP contribution in [0.15, 0.2) is 12.1 Å². The van der Waals surface area contributed by atoms with Gasteiger partial charge in [-0.15, -0.1) is 0 Å². The van der Waals surface area contributed by atoms with Crippen molar-refractivity contribution in [1.29, 1.82) is 0 Å². The second kappa shape index (κ2) is 9.21. The standard InChI is InChI=1S/C16H24FNO3/c1-2-3-4-5-6-7-16(21)18-9-8-12-10-14(19)15(20)11-13(12)17/h10-11,19-20H,2-9H2,1H3,(H,18,21). The largest absolute Gasteiger partial charge is 0.504 e. The molecule has 0 aliphatic rings. The normalized spacial score (nSPS) is 10.6. The molecule has 0 bridgehead atoms. The van der Waals surface area contributed by atoms with Gasteiger partial charge in [-0.1, -0.05) is 32.6 Å². The van der Waals surface area contributed by atoms with Gasteiger partial charge in [-0.3, -0.25) is 4.79 Å². The first kappa shape index (κ1) is 17.3. The molecule has 0 spiro atoms. The summed E-state index contributed by atoms with van der Waals surface area (Å²) in [6.07, 6.45) is 6.24. The molecule has 0 saturated heterocycles. The van der Waals surface area contributed by atoms with Gasteiger partial charge in [-0.05, 0) is 24.5 Å². The first-order chi connectivity index (χ1) is 10.0. The second-order valence-corrected chi connectivity index (χ2v) is 5.20. The lowest BCUT2D eigenvalue weighted by atomic mass is 10.1. The van der Waals surface area contributed by atoms with Crippen LogP contribution in [-0.2, 0) is 11.2 Å². The summed E-state index contributed by atoms with van der Waals surface area (Å²) in [5, 5.41) is 21.2. The number of hydrogen-bond acceptors (Lipinski definition) is 3. The van der Waals surface area contributed by atoms with Gasteiger partial charge >= 0.3 is 0 Å². The number of phenolic OH excluding ortho intramolecular Hbond substituents is 2. The van der Waals surface area contributed by atoms with Crippen LogP contribution in [0.5, 0.6) is 11.5 Å². The topological polar surface area (TPSA) is 69.6 Å². The molecule has 3 N–H and O–H groups in total. The summed E-state index contributed by atoms with van der Waals surface area (Å²) >= 11 is 0. The third-order valence-electron chi connectivity index (χ3n) is 3.37. The highest BCUT2D eigenvalue weighted by Gasteiger charge is 2.09. The molecule has 1 aromatic rings. The van der Waals surface area contributed by atoms with Crippen molar-refractivity contribution in [3.63, 3.8) is 0 Å². The first-order valence-corrected chi connectivity index (χ1v) is 7.51. The van der Waals surface area contributed by atoms with E-state index >= 15 is 0 Å². The van der Waals surface area contributed by atoms with Crippen LogP contribution in [0.1, 0.15) is 51.0 Å². The first-order valence-electron chi connectivity index (χ1n) is 7.51. The zero-order valence-electron chi connectivity index (χ0n) is 12.5. The van der Waals surface area contributed by atoms with Crippen molar-refractivity contribution >= 4 is 5.91 Å². The van der Waals surface area contributed by atoms with Crippen LogP contribution in [0, 0.1) is 5.82 Å². The van der Waals surface area contributed by atoms with E-state index in [9.17, 15) is 14.3 Å². The molecule has 0 aliphatic heterocycles. The lowest BCUT2D eigenvalue weighted by Gasteiger charge is -2.07. The van der Waals surface area contributed by atoms with Crippen LogP contribution in [0.3, 0.4) is 0 Å². The Morgan fingerprint density at radius 1 is 1.14 bits per heavy atom. The number of carbonyl (C=O) groups is 1. The maximum absolute atomic E-state index is 13.5. The van der Waals surface area contributed by atoms with E-state index in [1.54, 1.807) is 0 Å².